The van der Waals surface area contributed by atoms with E-state index in [1.165, 1.54) is 0 Å². The number of carbonyl (C=O) groups is 1. The molecule has 0 radical (unpaired) electrons. The third-order valence-corrected chi connectivity index (χ3v) is 3.06. The lowest BCUT2D eigenvalue weighted by atomic mass is 9.81. The first-order chi connectivity index (χ1) is 6.32. The van der Waals surface area contributed by atoms with E-state index in [-0.39, 0.29) is 25.4 Å². The Labute approximate surface area is 82.6 Å². The van der Waals surface area contributed by atoms with E-state index in [1.54, 1.807) is 20.8 Å². The third kappa shape index (κ3) is 1.88. The highest BCUT2D eigenvalue weighted by Gasteiger charge is 2.56. The lowest BCUT2D eigenvalue weighted by Gasteiger charge is -2.25. The van der Waals surface area contributed by atoms with E-state index in [9.17, 15) is 13.6 Å². The average Bonchev–Trinajstić information content (AvgIpc) is 2.22. The van der Waals surface area contributed by atoms with Gasteiger partial charge in [-0.25, -0.2) is 8.78 Å². The highest BCUT2D eigenvalue weighted by atomic mass is 19.3. The molecule has 4 heteroatoms. The molecule has 0 amide bonds. The smallest absolute Gasteiger partial charge is 0.312 e. The van der Waals surface area contributed by atoms with Gasteiger partial charge >= 0.3 is 5.97 Å². The fourth-order valence-corrected chi connectivity index (χ4v) is 2.03. The Morgan fingerprint density at radius 2 is 2.14 bits per heavy atom. The van der Waals surface area contributed by atoms with Crippen LogP contribution in [0.1, 0.15) is 33.6 Å². The molecular weight excluding hydrogens is 190 g/mol. The molecule has 0 aromatic heterocycles. The Kier molecular flexibility index (Phi) is 2.83. The number of hydrogen-bond donors (Lipinski definition) is 0. The number of halogens is 2. The van der Waals surface area contributed by atoms with Crippen LogP contribution in [0.3, 0.4) is 0 Å². The summed E-state index contributed by atoms with van der Waals surface area (Å²) in [5, 5.41) is 0. The molecule has 1 aliphatic carbocycles. The third-order valence-electron chi connectivity index (χ3n) is 3.06. The molecule has 0 bridgehead atoms. The van der Waals surface area contributed by atoms with Crippen molar-refractivity contribution in [2.75, 3.05) is 6.61 Å². The lowest BCUT2D eigenvalue weighted by Crippen LogP contribution is -2.33. The first-order valence-corrected chi connectivity index (χ1v) is 4.87. The SMILES string of the molecule is CCOC(=O)C1(C)CC(F)(F)CC1C. The predicted molar refractivity (Wildman–Crippen MR) is 48.1 cm³/mol. The van der Waals surface area contributed by atoms with Gasteiger partial charge in [-0.1, -0.05) is 6.92 Å². The normalized spacial score (nSPS) is 35.6. The second-order valence-electron chi connectivity index (χ2n) is 4.28. The van der Waals surface area contributed by atoms with Crippen molar-refractivity contribution < 1.29 is 18.3 Å². The zero-order valence-electron chi connectivity index (χ0n) is 8.77. The van der Waals surface area contributed by atoms with Gasteiger partial charge in [0.05, 0.1) is 12.0 Å². The Balaban J connectivity index is 2.80. The van der Waals surface area contributed by atoms with E-state index in [1.807, 2.05) is 0 Å². The summed E-state index contributed by atoms with van der Waals surface area (Å²) in [4.78, 5) is 11.5. The predicted octanol–water partition coefficient (Wildman–Crippen LogP) is 2.62. The molecule has 2 nitrogen and oxygen atoms in total. The average molecular weight is 206 g/mol. The first-order valence-electron chi connectivity index (χ1n) is 4.87. The van der Waals surface area contributed by atoms with Gasteiger partial charge in [0.1, 0.15) is 0 Å². The molecule has 0 heterocycles. The quantitative estimate of drug-likeness (QED) is 0.649. The van der Waals surface area contributed by atoms with Gasteiger partial charge in [0, 0.05) is 12.8 Å². The summed E-state index contributed by atoms with van der Waals surface area (Å²) < 4.78 is 31.0. The number of carbonyl (C=O) groups excluding carboxylic acids is 1. The van der Waals surface area contributed by atoms with E-state index in [0.717, 1.165) is 0 Å². The summed E-state index contributed by atoms with van der Waals surface area (Å²) in [5.74, 6) is -3.54. The monoisotopic (exact) mass is 206 g/mol. The van der Waals surface area contributed by atoms with Crippen LogP contribution in [0, 0.1) is 11.3 Å². The minimum absolute atomic E-state index is 0.220. The van der Waals surface area contributed by atoms with Gasteiger partial charge in [-0.2, -0.15) is 0 Å². The molecule has 0 aliphatic heterocycles. The second kappa shape index (κ2) is 3.48. The second-order valence-corrected chi connectivity index (χ2v) is 4.28. The van der Waals surface area contributed by atoms with Crippen molar-refractivity contribution in [3.05, 3.63) is 0 Å². The minimum Gasteiger partial charge on any atom is -0.466 e. The number of ether oxygens (including phenoxy) is 1. The maximum Gasteiger partial charge on any atom is 0.312 e. The number of alkyl halides is 2. The summed E-state index contributed by atoms with van der Waals surface area (Å²) in [6, 6.07) is 0. The van der Waals surface area contributed by atoms with Gasteiger partial charge in [0.25, 0.3) is 0 Å². The molecule has 0 spiro atoms. The van der Waals surface area contributed by atoms with E-state index in [4.69, 9.17) is 4.74 Å². The first kappa shape index (κ1) is 11.4. The van der Waals surface area contributed by atoms with E-state index >= 15 is 0 Å². The minimum atomic E-state index is -2.72. The Morgan fingerprint density at radius 3 is 2.50 bits per heavy atom. The van der Waals surface area contributed by atoms with Crippen LogP contribution >= 0.6 is 0 Å². The summed E-state index contributed by atoms with van der Waals surface area (Å²) in [7, 11) is 0. The zero-order chi connectivity index (χ0) is 11.0. The summed E-state index contributed by atoms with van der Waals surface area (Å²) in [5.41, 5.74) is -1.01. The van der Waals surface area contributed by atoms with Gasteiger partial charge < -0.3 is 4.74 Å². The summed E-state index contributed by atoms with van der Waals surface area (Å²) in [6.45, 7) is 5.17. The molecule has 0 saturated heterocycles. The molecular formula is C10H16F2O2. The zero-order valence-corrected chi connectivity index (χ0v) is 8.77. The van der Waals surface area contributed by atoms with E-state index < -0.39 is 17.3 Å². The van der Waals surface area contributed by atoms with E-state index in [0.29, 0.717) is 0 Å². The van der Waals surface area contributed by atoms with Crippen molar-refractivity contribution in [2.45, 2.75) is 39.5 Å². The number of rotatable bonds is 2. The van der Waals surface area contributed by atoms with Crippen molar-refractivity contribution in [1.82, 2.24) is 0 Å². The van der Waals surface area contributed by atoms with Gasteiger partial charge in [0.15, 0.2) is 0 Å². The van der Waals surface area contributed by atoms with Crippen molar-refractivity contribution in [2.24, 2.45) is 11.3 Å². The van der Waals surface area contributed by atoms with Crippen molar-refractivity contribution >= 4 is 5.97 Å². The molecule has 1 fully saturated rings. The van der Waals surface area contributed by atoms with Crippen LogP contribution in [0.4, 0.5) is 8.78 Å². The Bertz CT molecular complexity index is 240. The van der Waals surface area contributed by atoms with Gasteiger partial charge in [0.2, 0.25) is 5.92 Å². The Hall–Kier alpha value is -0.670. The van der Waals surface area contributed by atoms with Crippen LogP contribution in [0.5, 0.6) is 0 Å². The molecule has 0 N–H and O–H groups in total. The summed E-state index contributed by atoms with van der Waals surface area (Å²) >= 11 is 0. The maximum absolute atomic E-state index is 13.1. The van der Waals surface area contributed by atoms with Crippen molar-refractivity contribution in [3.8, 4) is 0 Å². The fourth-order valence-electron chi connectivity index (χ4n) is 2.03. The standard InChI is InChI=1S/C10H16F2O2/c1-4-14-8(13)9(3)6-10(11,12)5-7(9)2/h7H,4-6H2,1-3H3. The fraction of sp³-hybridized carbons (Fsp3) is 0.900. The van der Waals surface area contributed by atoms with Crippen LogP contribution < -0.4 is 0 Å². The Morgan fingerprint density at radius 1 is 1.57 bits per heavy atom. The van der Waals surface area contributed by atoms with Gasteiger partial charge in [-0.3, -0.25) is 4.79 Å². The molecule has 2 unspecified atom stereocenters. The van der Waals surface area contributed by atoms with Crippen LogP contribution in [0.25, 0.3) is 0 Å². The number of esters is 1. The largest absolute Gasteiger partial charge is 0.466 e. The maximum atomic E-state index is 13.1. The summed E-state index contributed by atoms with van der Waals surface area (Å²) in [6.07, 6.45) is -0.609. The molecule has 1 aliphatic rings. The molecule has 1 rings (SSSR count). The van der Waals surface area contributed by atoms with Gasteiger partial charge in [-0.15, -0.1) is 0 Å². The van der Waals surface area contributed by atoms with Gasteiger partial charge in [-0.05, 0) is 19.8 Å². The van der Waals surface area contributed by atoms with Crippen LogP contribution in [0.2, 0.25) is 0 Å². The molecule has 0 aromatic rings. The lowest BCUT2D eigenvalue weighted by molar-refractivity contribution is -0.157. The molecule has 2 atom stereocenters. The van der Waals surface area contributed by atoms with Crippen LogP contribution in [0.15, 0.2) is 0 Å². The van der Waals surface area contributed by atoms with Crippen molar-refractivity contribution in [3.63, 3.8) is 0 Å². The van der Waals surface area contributed by atoms with Crippen LogP contribution in [-0.2, 0) is 9.53 Å². The molecule has 1 saturated carbocycles. The molecule has 82 valence electrons. The molecule has 0 aromatic carbocycles. The topological polar surface area (TPSA) is 26.3 Å². The van der Waals surface area contributed by atoms with Crippen molar-refractivity contribution in [1.29, 1.82) is 0 Å². The highest BCUT2D eigenvalue weighted by molar-refractivity contribution is 5.77. The molecule has 14 heavy (non-hydrogen) atoms. The van der Waals surface area contributed by atoms with Crippen LogP contribution in [-0.4, -0.2) is 18.5 Å². The number of hydrogen-bond acceptors (Lipinski definition) is 2. The van der Waals surface area contributed by atoms with E-state index in [2.05, 4.69) is 0 Å². The highest BCUT2D eigenvalue weighted by Crippen LogP contribution is 2.51.